The van der Waals surface area contributed by atoms with Crippen LogP contribution in [-0.2, 0) is 4.74 Å². The summed E-state index contributed by atoms with van der Waals surface area (Å²) in [6, 6.07) is 3.73. The van der Waals surface area contributed by atoms with Crippen molar-refractivity contribution in [2.24, 2.45) is 0 Å². The number of amides is 1. The Kier molecular flexibility index (Phi) is 3.61. The molecule has 0 aliphatic carbocycles. The molecule has 2 heterocycles. The van der Waals surface area contributed by atoms with Gasteiger partial charge in [0.2, 0.25) is 0 Å². The minimum absolute atomic E-state index is 0.00927. The highest BCUT2D eigenvalue weighted by molar-refractivity contribution is 7.12. The zero-order valence-corrected chi connectivity index (χ0v) is 9.76. The summed E-state index contributed by atoms with van der Waals surface area (Å²) in [5.74, 6) is 0.496. The van der Waals surface area contributed by atoms with E-state index in [1.165, 1.54) is 11.3 Å². The number of carbonyl (C=O) groups is 1. The van der Waals surface area contributed by atoms with E-state index in [4.69, 9.17) is 16.3 Å². The molecule has 1 unspecified atom stereocenters. The van der Waals surface area contributed by atoms with Gasteiger partial charge in [0.25, 0.3) is 5.91 Å². The van der Waals surface area contributed by atoms with Gasteiger partial charge in [0.1, 0.15) is 0 Å². The largest absolute Gasteiger partial charge is 0.377 e. The van der Waals surface area contributed by atoms with Crippen molar-refractivity contribution in [3.05, 3.63) is 22.4 Å². The summed E-state index contributed by atoms with van der Waals surface area (Å²) in [6.07, 6.45) is 0. The third-order valence-corrected chi connectivity index (χ3v) is 3.61. The van der Waals surface area contributed by atoms with Gasteiger partial charge in [0, 0.05) is 12.4 Å². The molecular formula is C10H12ClNO2S. The molecule has 82 valence electrons. The number of nitrogens with zero attached hydrogens (tertiary/aromatic N) is 1. The summed E-state index contributed by atoms with van der Waals surface area (Å²) in [4.78, 5) is 14.6. The number of halogens is 1. The van der Waals surface area contributed by atoms with Gasteiger partial charge >= 0.3 is 0 Å². The van der Waals surface area contributed by atoms with E-state index in [2.05, 4.69) is 0 Å². The van der Waals surface area contributed by atoms with Crippen LogP contribution in [0.2, 0.25) is 0 Å². The molecule has 0 spiro atoms. The van der Waals surface area contributed by atoms with Gasteiger partial charge in [-0.15, -0.1) is 22.9 Å². The minimum atomic E-state index is 0.00927. The van der Waals surface area contributed by atoms with E-state index in [0.29, 0.717) is 25.6 Å². The van der Waals surface area contributed by atoms with Crippen LogP contribution in [0.5, 0.6) is 0 Å². The first-order valence-corrected chi connectivity index (χ1v) is 6.22. The van der Waals surface area contributed by atoms with Crippen LogP contribution in [-0.4, -0.2) is 42.5 Å². The summed E-state index contributed by atoms with van der Waals surface area (Å²) in [5, 5.41) is 1.91. The van der Waals surface area contributed by atoms with Crippen molar-refractivity contribution >= 4 is 28.8 Å². The van der Waals surface area contributed by atoms with Crippen LogP contribution >= 0.6 is 22.9 Å². The molecule has 1 amide bonds. The third kappa shape index (κ3) is 2.33. The minimum Gasteiger partial charge on any atom is -0.377 e. The summed E-state index contributed by atoms with van der Waals surface area (Å²) in [6.45, 7) is 1.78. The molecule has 5 heteroatoms. The Labute approximate surface area is 97.6 Å². The van der Waals surface area contributed by atoms with Crippen molar-refractivity contribution in [1.82, 2.24) is 4.90 Å². The molecule has 1 saturated heterocycles. The molecule has 1 aliphatic heterocycles. The van der Waals surface area contributed by atoms with Crippen LogP contribution in [0.15, 0.2) is 17.5 Å². The highest BCUT2D eigenvalue weighted by Crippen LogP contribution is 2.16. The van der Waals surface area contributed by atoms with Gasteiger partial charge < -0.3 is 9.64 Å². The fourth-order valence-corrected chi connectivity index (χ4v) is 2.53. The fraction of sp³-hybridized carbons (Fsp3) is 0.500. The molecule has 1 aromatic heterocycles. The first-order valence-electron chi connectivity index (χ1n) is 4.81. The number of hydrogen-bond donors (Lipinski definition) is 0. The average molecular weight is 246 g/mol. The second-order valence-electron chi connectivity index (χ2n) is 3.36. The first-order chi connectivity index (χ1) is 7.33. The van der Waals surface area contributed by atoms with Gasteiger partial charge in [-0.3, -0.25) is 4.79 Å². The molecule has 15 heavy (non-hydrogen) atoms. The van der Waals surface area contributed by atoms with Crippen molar-refractivity contribution < 1.29 is 9.53 Å². The summed E-state index contributed by atoms with van der Waals surface area (Å²) in [5.41, 5.74) is 0. The Hall–Kier alpha value is -0.580. The third-order valence-electron chi connectivity index (χ3n) is 2.40. The molecule has 3 nitrogen and oxygen atoms in total. The zero-order chi connectivity index (χ0) is 10.7. The second kappa shape index (κ2) is 4.96. The normalized spacial score (nSPS) is 21.7. The Morgan fingerprint density at radius 1 is 1.73 bits per heavy atom. The number of hydrogen-bond acceptors (Lipinski definition) is 3. The van der Waals surface area contributed by atoms with Crippen LogP contribution in [0.1, 0.15) is 9.67 Å². The van der Waals surface area contributed by atoms with E-state index < -0.39 is 0 Å². The standard InChI is InChI=1S/C10H12ClNO2S/c11-6-8-7-14-4-3-12(8)10(13)9-2-1-5-15-9/h1-2,5,8H,3-4,6-7H2. The maximum atomic E-state index is 12.1. The van der Waals surface area contributed by atoms with Crippen LogP contribution in [0.4, 0.5) is 0 Å². The highest BCUT2D eigenvalue weighted by Gasteiger charge is 2.27. The second-order valence-corrected chi connectivity index (χ2v) is 4.62. The summed E-state index contributed by atoms with van der Waals surface area (Å²) in [7, 11) is 0. The van der Waals surface area contributed by atoms with Gasteiger partial charge in [-0.1, -0.05) is 6.07 Å². The molecule has 1 fully saturated rings. The average Bonchev–Trinajstić information content (AvgIpc) is 2.81. The van der Waals surface area contributed by atoms with Crippen molar-refractivity contribution in [2.75, 3.05) is 25.6 Å². The molecule has 2 rings (SSSR count). The van der Waals surface area contributed by atoms with Gasteiger partial charge in [-0.05, 0) is 11.4 Å². The number of morpholine rings is 1. The molecule has 0 N–H and O–H groups in total. The van der Waals surface area contributed by atoms with Crippen molar-refractivity contribution in [3.63, 3.8) is 0 Å². The van der Waals surface area contributed by atoms with Gasteiger partial charge in [-0.25, -0.2) is 0 Å². The molecule has 1 aliphatic rings. The van der Waals surface area contributed by atoms with E-state index in [1.54, 1.807) is 0 Å². The quantitative estimate of drug-likeness (QED) is 0.744. The van der Waals surface area contributed by atoms with Crippen molar-refractivity contribution in [1.29, 1.82) is 0 Å². The highest BCUT2D eigenvalue weighted by atomic mass is 35.5. The lowest BCUT2D eigenvalue weighted by Gasteiger charge is -2.34. The lowest BCUT2D eigenvalue weighted by molar-refractivity contribution is 0.00484. The Balaban J connectivity index is 2.11. The first kappa shape index (κ1) is 10.9. The topological polar surface area (TPSA) is 29.5 Å². The van der Waals surface area contributed by atoms with E-state index in [0.717, 1.165) is 4.88 Å². The Morgan fingerprint density at radius 2 is 2.60 bits per heavy atom. The van der Waals surface area contributed by atoms with Gasteiger partial charge in [0.15, 0.2) is 0 Å². The van der Waals surface area contributed by atoms with Crippen LogP contribution in [0, 0.1) is 0 Å². The van der Waals surface area contributed by atoms with Crippen molar-refractivity contribution in [2.45, 2.75) is 6.04 Å². The maximum Gasteiger partial charge on any atom is 0.264 e. The fourth-order valence-electron chi connectivity index (χ4n) is 1.59. The van der Waals surface area contributed by atoms with Crippen LogP contribution in [0.3, 0.4) is 0 Å². The predicted molar refractivity (Wildman–Crippen MR) is 60.7 cm³/mol. The molecule has 0 bridgehead atoms. The lowest BCUT2D eigenvalue weighted by Crippen LogP contribution is -2.49. The maximum absolute atomic E-state index is 12.1. The molecule has 1 atom stereocenters. The van der Waals surface area contributed by atoms with E-state index in [9.17, 15) is 4.79 Å². The lowest BCUT2D eigenvalue weighted by atomic mass is 10.2. The Bertz CT molecular complexity index is 328. The van der Waals surface area contributed by atoms with Crippen molar-refractivity contribution in [3.8, 4) is 0 Å². The molecule has 0 radical (unpaired) electrons. The number of alkyl halides is 1. The van der Waals surface area contributed by atoms with Crippen LogP contribution in [0.25, 0.3) is 0 Å². The molecule has 1 aromatic rings. The smallest absolute Gasteiger partial charge is 0.264 e. The zero-order valence-electron chi connectivity index (χ0n) is 8.19. The molecule has 0 saturated carbocycles. The number of thiophene rings is 1. The van der Waals surface area contributed by atoms with Gasteiger partial charge in [0.05, 0.1) is 24.1 Å². The SMILES string of the molecule is O=C(c1cccs1)N1CCOCC1CCl. The molecular weight excluding hydrogens is 234 g/mol. The molecule has 0 aromatic carbocycles. The van der Waals surface area contributed by atoms with E-state index in [-0.39, 0.29) is 11.9 Å². The predicted octanol–water partition coefficient (Wildman–Crippen LogP) is 1.83. The van der Waals surface area contributed by atoms with E-state index >= 15 is 0 Å². The van der Waals surface area contributed by atoms with E-state index in [1.807, 2.05) is 22.4 Å². The summed E-state index contributed by atoms with van der Waals surface area (Å²) < 4.78 is 5.30. The number of carbonyl (C=O) groups excluding carboxylic acids is 1. The number of ether oxygens (including phenoxy) is 1. The summed E-state index contributed by atoms with van der Waals surface area (Å²) >= 11 is 7.27. The number of rotatable bonds is 2. The van der Waals surface area contributed by atoms with Crippen LogP contribution < -0.4 is 0 Å². The van der Waals surface area contributed by atoms with Gasteiger partial charge in [-0.2, -0.15) is 0 Å². The monoisotopic (exact) mass is 245 g/mol. The Morgan fingerprint density at radius 3 is 3.27 bits per heavy atom.